The fourth-order valence-corrected chi connectivity index (χ4v) is 3.32. The summed E-state index contributed by atoms with van der Waals surface area (Å²) in [4.78, 5) is 14.0. The van der Waals surface area contributed by atoms with Gasteiger partial charge in [0, 0.05) is 34.0 Å². The van der Waals surface area contributed by atoms with E-state index in [4.69, 9.17) is 9.15 Å². The molecule has 1 aromatic carbocycles. The number of carbonyl (C=O) groups is 1. The topological polar surface area (TPSA) is 62.9 Å². The number of carbonyl (C=O) groups excluding carboxylic acids is 1. The highest BCUT2D eigenvalue weighted by Gasteiger charge is 2.29. The van der Waals surface area contributed by atoms with E-state index in [1.54, 1.807) is 4.90 Å². The molecule has 2 heterocycles. The number of aliphatic hydroxyl groups is 1. The maximum Gasteiger partial charge on any atom is 0.410 e. The normalized spacial score (nSPS) is 14.9. The number of nitrogens with zero attached hydrogens (tertiary/aromatic N) is 1. The van der Waals surface area contributed by atoms with Gasteiger partial charge in [-0.1, -0.05) is 15.9 Å². The molecule has 0 saturated heterocycles. The predicted molar refractivity (Wildman–Crippen MR) is 90.2 cm³/mol. The molecular weight excluding hydrogens is 362 g/mol. The van der Waals surface area contributed by atoms with Crippen LogP contribution in [0, 0.1) is 0 Å². The van der Waals surface area contributed by atoms with Gasteiger partial charge in [-0.05, 0) is 32.9 Å². The zero-order valence-corrected chi connectivity index (χ0v) is 15.1. The molecule has 0 spiro atoms. The third-order valence-electron chi connectivity index (χ3n) is 3.80. The molecule has 0 aliphatic carbocycles. The summed E-state index contributed by atoms with van der Waals surface area (Å²) in [6.45, 7) is 6.52. The number of halogens is 1. The average molecular weight is 382 g/mol. The van der Waals surface area contributed by atoms with E-state index in [2.05, 4.69) is 15.9 Å². The number of rotatable bonds is 1. The molecule has 1 aliphatic rings. The highest BCUT2D eigenvalue weighted by Crippen LogP contribution is 2.35. The summed E-state index contributed by atoms with van der Waals surface area (Å²) in [6, 6.07) is 3.82. The summed E-state index contributed by atoms with van der Waals surface area (Å²) in [7, 11) is 0. The van der Waals surface area contributed by atoms with Crippen molar-refractivity contribution in [2.75, 3.05) is 6.54 Å². The lowest BCUT2D eigenvalue weighted by molar-refractivity contribution is 0.0220. The highest BCUT2D eigenvalue weighted by atomic mass is 79.9. The third kappa shape index (κ3) is 3.23. The Kier molecular flexibility index (Phi) is 4.14. The second-order valence-corrected chi connectivity index (χ2v) is 7.67. The van der Waals surface area contributed by atoms with Gasteiger partial charge in [0.05, 0.1) is 13.2 Å². The van der Waals surface area contributed by atoms with Crippen LogP contribution in [0.3, 0.4) is 0 Å². The second kappa shape index (κ2) is 5.83. The van der Waals surface area contributed by atoms with E-state index in [9.17, 15) is 9.90 Å². The molecule has 0 radical (unpaired) electrons. The Morgan fingerprint density at radius 1 is 1.43 bits per heavy atom. The van der Waals surface area contributed by atoms with Crippen molar-refractivity contribution in [2.45, 2.75) is 45.9 Å². The van der Waals surface area contributed by atoms with Crippen LogP contribution in [0.4, 0.5) is 4.79 Å². The molecule has 1 amide bonds. The average Bonchev–Trinajstić information content (AvgIpc) is 2.82. The van der Waals surface area contributed by atoms with Gasteiger partial charge in [0.1, 0.15) is 16.9 Å². The van der Waals surface area contributed by atoms with Crippen LogP contribution in [0.15, 0.2) is 21.0 Å². The van der Waals surface area contributed by atoms with E-state index < -0.39 is 5.60 Å². The molecular formula is C17H20BrNO4. The lowest BCUT2D eigenvalue weighted by Crippen LogP contribution is -2.39. The van der Waals surface area contributed by atoms with Crippen LogP contribution < -0.4 is 0 Å². The Bertz CT molecular complexity index is 760. The van der Waals surface area contributed by atoms with Crippen molar-refractivity contribution in [1.82, 2.24) is 4.90 Å². The lowest BCUT2D eigenvalue weighted by atomic mass is 10.0. The smallest absolute Gasteiger partial charge is 0.410 e. The molecule has 1 N–H and O–H groups in total. The van der Waals surface area contributed by atoms with Crippen molar-refractivity contribution in [2.24, 2.45) is 0 Å². The van der Waals surface area contributed by atoms with Gasteiger partial charge in [-0.15, -0.1) is 0 Å². The molecule has 0 fully saturated rings. The number of furan rings is 1. The van der Waals surface area contributed by atoms with Crippen molar-refractivity contribution in [1.29, 1.82) is 0 Å². The number of amides is 1. The molecule has 0 atom stereocenters. The number of hydrogen-bond donors (Lipinski definition) is 1. The van der Waals surface area contributed by atoms with Crippen LogP contribution in [0.25, 0.3) is 11.0 Å². The fourth-order valence-electron chi connectivity index (χ4n) is 2.81. The van der Waals surface area contributed by atoms with Crippen molar-refractivity contribution in [3.63, 3.8) is 0 Å². The summed E-state index contributed by atoms with van der Waals surface area (Å²) in [5.41, 5.74) is 1.93. The van der Waals surface area contributed by atoms with E-state index in [-0.39, 0.29) is 12.7 Å². The van der Waals surface area contributed by atoms with Crippen LogP contribution in [0.1, 0.15) is 37.7 Å². The quantitative estimate of drug-likeness (QED) is 0.811. The maximum atomic E-state index is 12.3. The molecule has 5 nitrogen and oxygen atoms in total. The van der Waals surface area contributed by atoms with Crippen molar-refractivity contribution < 1.29 is 19.1 Å². The number of benzene rings is 1. The van der Waals surface area contributed by atoms with Gasteiger partial charge in [-0.2, -0.15) is 0 Å². The van der Waals surface area contributed by atoms with Crippen molar-refractivity contribution >= 4 is 33.0 Å². The van der Waals surface area contributed by atoms with Crippen LogP contribution in [0.5, 0.6) is 0 Å². The van der Waals surface area contributed by atoms with E-state index in [1.165, 1.54) is 0 Å². The van der Waals surface area contributed by atoms with Gasteiger partial charge < -0.3 is 19.2 Å². The van der Waals surface area contributed by atoms with E-state index >= 15 is 0 Å². The van der Waals surface area contributed by atoms with E-state index in [0.29, 0.717) is 25.1 Å². The molecule has 1 aliphatic heterocycles. The summed E-state index contributed by atoms with van der Waals surface area (Å²) in [5.74, 6) is 0.882. The summed E-state index contributed by atoms with van der Waals surface area (Å²) < 4.78 is 12.3. The van der Waals surface area contributed by atoms with Gasteiger partial charge >= 0.3 is 6.09 Å². The van der Waals surface area contributed by atoms with Gasteiger partial charge in [0.2, 0.25) is 0 Å². The van der Waals surface area contributed by atoms with E-state index in [1.807, 2.05) is 32.9 Å². The molecule has 0 saturated carbocycles. The Morgan fingerprint density at radius 2 is 2.17 bits per heavy atom. The molecule has 23 heavy (non-hydrogen) atoms. The standard InChI is InChI=1S/C17H20BrNO4/c1-17(2,3)23-16(21)19-5-4-14-13(8-19)12-7-11(18)6-10(9-20)15(12)22-14/h6-7,20H,4-5,8-9H2,1-3H3. The minimum atomic E-state index is -0.511. The first-order valence-corrected chi connectivity index (χ1v) is 8.39. The molecule has 2 aromatic rings. The van der Waals surface area contributed by atoms with Crippen LogP contribution in [-0.2, 0) is 24.3 Å². The molecule has 0 bridgehead atoms. The Morgan fingerprint density at radius 3 is 2.83 bits per heavy atom. The van der Waals surface area contributed by atoms with Crippen molar-refractivity contribution in [3.8, 4) is 0 Å². The third-order valence-corrected chi connectivity index (χ3v) is 4.26. The molecule has 0 unspecified atom stereocenters. The number of ether oxygens (including phenoxy) is 1. The number of fused-ring (bicyclic) bond motifs is 3. The van der Waals surface area contributed by atoms with Gasteiger partial charge in [0.25, 0.3) is 0 Å². The van der Waals surface area contributed by atoms with Crippen LogP contribution >= 0.6 is 15.9 Å². The number of aliphatic hydroxyl groups excluding tert-OH is 1. The summed E-state index contributed by atoms with van der Waals surface area (Å²) in [5, 5.41) is 10.5. The first-order chi connectivity index (χ1) is 10.8. The molecule has 3 rings (SSSR count). The number of hydrogen-bond acceptors (Lipinski definition) is 4. The van der Waals surface area contributed by atoms with Gasteiger partial charge in [0.15, 0.2) is 0 Å². The second-order valence-electron chi connectivity index (χ2n) is 6.76. The first kappa shape index (κ1) is 16.3. The zero-order chi connectivity index (χ0) is 16.8. The predicted octanol–water partition coefficient (Wildman–Crippen LogP) is 3.98. The Labute approximate surface area is 143 Å². The SMILES string of the molecule is CC(C)(C)OC(=O)N1CCc2oc3c(CO)cc(Br)cc3c2C1. The van der Waals surface area contributed by atoms with Gasteiger partial charge in [-0.3, -0.25) is 0 Å². The summed E-state index contributed by atoms with van der Waals surface area (Å²) >= 11 is 3.46. The van der Waals surface area contributed by atoms with Crippen LogP contribution in [-0.4, -0.2) is 28.2 Å². The Balaban J connectivity index is 1.95. The van der Waals surface area contributed by atoms with Gasteiger partial charge in [-0.25, -0.2) is 4.79 Å². The molecule has 1 aromatic heterocycles. The molecule has 124 valence electrons. The minimum absolute atomic E-state index is 0.0852. The molecule has 6 heteroatoms. The first-order valence-electron chi connectivity index (χ1n) is 7.60. The fraction of sp³-hybridized carbons (Fsp3) is 0.471. The Hall–Kier alpha value is -1.53. The summed E-state index contributed by atoms with van der Waals surface area (Å²) in [6.07, 6.45) is 0.334. The van der Waals surface area contributed by atoms with Crippen molar-refractivity contribution in [3.05, 3.63) is 33.5 Å². The maximum absolute atomic E-state index is 12.3. The monoisotopic (exact) mass is 381 g/mol. The highest BCUT2D eigenvalue weighted by molar-refractivity contribution is 9.10. The minimum Gasteiger partial charge on any atom is -0.460 e. The largest absolute Gasteiger partial charge is 0.460 e. The van der Waals surface area contributed by atoms with Crippen LogP contribution in [0.2, 0.25) is 0 Å². The van der Waals surface area contributed by atoms with E-state index in [0.717, 1.165) is 26.7 Å². The lowest BCUT2D eigenvalue weighted by Gasteiger charge is -2.29. The zero-order valence-electron chi connectivity index (χ0n) is 13.5.